The number of ketones is 1. The van der Waals surface area contributed by atoms with E-state index in [0.717, 1.165) is 12.8 Å². The predicted molar refractivity (Wildman–Crippen MR) is 93.7 cm³/mol. The number of carbonyl (C=O) groups is 2. The van der Waals surface area contributed by atoms with Crippen molar-refractivity contribution >= 4 is 11.7 Å². The van der Waals surface area contributed by atoms with Gasteiger partial charge in [-0.05, 0) is 37.0 Å². The van der Waals surface area contributed by atoms with Crippen LogP contribution in [0.3, 0.4) is 0 Å². The number of benzene rings is 1. The molecule has 1 aromatic carbocycles. The lowest BCUT2D eigenvalue weighted by Gasteiger charge is -2.41. The number of amides is 1. The van der Waals surface area contributed by atoms with Crippen molar-refractivity contribution in [1.82, 2.24) is 9.47 Å². The van der Waals surface area contributed by atoms with Gasteiger partial charge in [-0.1, -0.05) is 24.3 Å². The lowest BCUT2D eigenvalue weighted by Crippen LogP contribution is -2.51. The Labute approximate surface area is 147 Å². The lowest BCUT2D eigenvalue weighted by molar-refractivity contribution is -0.104. The molecule has 1 aromatic heterocycles. The first-order chi connectivity index (χ1) is 12.0. The fourth-order valence-electron chi connectivity index (χ4n) is 4.06. The molecular weight excluding hydrogens is 316 g/mol. The van der Waals surface area contributed by atoms with Crippen molar-refractivity contribution in [2.75, 3.05) is 19.7 Å². The first-order valence-electron chi connectivity index (χ1n) is 8.69. The Morgan fingerprint density at radius 2 is 2.04 bits per heavy atom. The first kappa shape index (κ1) is 16.1. The third-order valence-electron chi connectivity index (χ3n) is 5.41. The van der Waals surface area contributed by atoms with Crippen LogP contribution in [-0.4, -0.2) is 40.9 Å². The molecule has 0 N–H and O–H groups in total. The van der Waals surface area contributed by atoms with Crippen molar-refractivity contribution in [1.29, 1.82) is 0 Å². The number of aryl methyl sites for hydroxylation is 2. The van der Waals surface area contributed by atoms with Crippen molar-refractivity contribution in [2.45, 2.75) is 25.4 Å². The van der Waals surface area contributed by atoms with Crippen LogP contribution in [0.25, 0.3) is 0 Å². The Bertz CT molecular complexity index is 850. The van der Waals surface area contributed by atoms with E-state index in [1.54, 1.807) is 23.9 Å². The molecule has 0 bridgehead atoms. The van der Waals surface area contributed by atoms with Gasteiger partial charge in [0.1, 0.15) is 11.3 Å². The summed E-state index contributed by atoms with van der Waals surface area (Å²) in [7, 11) is 1.81. The average molecular weight is 338 g/mol. The molecule has 5 nitrogen and oxygen atoms in total. The first-order valence-corrected chi connectivity index (χ1v) is 8.69. The van der Waals surface area contributed by atoms with Crippen molar-refractivity contribution in [3.8, 4) is 0 Å². The maximum Gasteiger partial charge on any atom is 0.270 e. The number of carbonyl (C=O) groups excluding carboxylic acids is 2. The maximum absolute atomic E-state index is 13.0. The van der Waals surface area contributed by atoms with Crippen LogP contribution < -0.4 is 0 Å². The summed E-state index contributed by atoms with van der Waals surface area (Å²) in [5.74, 6) is -0.0696. The van der Waals surface area contributed by atoms with E-state index in [-0.39, 0.29) is 17.3 Å². The second-order valence-electron chi connectivity index (χ2n) is 7.01. The minimum absolute atomic E-state index is 0.0298. The van der Waals surface area contributed by atoms with Gasteiger partial charge in [0, 0.05) is 25.4 Å². The van der Waals surface area contributed by atoms with Crippen LogP contribution >= 0.6 is 0 Å². The van der Waals surface area contributed by atoms with E-state index in [9.17, 15) is 9.59 Å². The number of fused-ring (bicyclic) bond motifs is 2. The highest BCUT2D eigenvalue weighted by Crippen LogP contribution is 2.42. The molecule has 5 heteroatoms. The number of Topliss-reactive ketones (excluding diaryl/α,β-unsaturated/α-hetero) is 1. The molecule has 25 heavy (non-hydrogen) atoms. The summed E-state index contributed by atoms with van der Waals surface area (Å²) in [6, 6.07) is 10.0. The van der Waals surface area contributed by atoms with Gasteiger partial charge in [-0.25, -0.2) is 0 Å². The lowest BCUT2D eigenvalue weighted by atomic mass is 9.93. The van der Waals surface area contributed by atoms with Gasteiger partial charge in [-0.3, -0.25) is 9.59 Å². The molecule has 4 rings (SSSR count). The second-order valence-corrected chi connectivity index (χ2v) is 7.01. The Balaban J connectivity index is 1.62. The van der Waals surface area contributed by atoms with Crippen molar-refractivity contribution in [3.05, 3.63) is 58.9 Å². The number of rotatable bonds is 2. The second kappa shape index (κ2) is 5.85. The van der Waals surface area contributed by atoms with Crippen LogP contribution in [0.4, 0.5) is 0 Å². The van der Waals surface area contributed by atoms with Gasteiger partial charge >= 0.3 is 0 Å². The average Bonchev–Trinajstić information content (AvgIpc) is 3.17. The minimum atomic E-state index is -0.390. The van der Waals surface area contributed by atoms with E-state index in [1.807, 2.05) is 11.0 Å². The summed E-state index contributed by atoms with van der Waals surface area (Å²) in [6.45, 7) is 3.18. The van der Waals surface area contributed by atoms with Crippen molar-refractivity contribution < 1.29 is 14.3 Å². The molecule has 1 atom stereocenters. The summed E-state index contributed by atoms with van der Waals surface area (Å²) in [5.41, 5.74) is 3.26. The molecule has 1 amide bonds. The number of hydrogen-bond acceptors (Lipinski definition) is 3. The fraction of sp³-hybridized carbons (Fsp3) is 0.400. The molecule has 1 spiro atoms. The minimum Gasteiger partial charge on any atom is -0.367 e. The van der Waals surface area contributed by atoms with Crippen molar-refractivity contribution in [2.24, 2.45) is 7.05 Å². The van der Waals surface area contributed by atoms with Gasteiger partial charge in [0.15, 0.2) is 5.78 Å². The zero-order valence-electron chi connectivity index (χ0n) is 14.6. The van der Waals surface area contributed by atoms with Gasteiger partial charge in [0.05, 0.1) is 13.2 Å². The summed E-state index contributed by atoms with van der Waals surface area (Å²) >= 11 is 0. The van der Waals surface area contributed by atoms with E-state index in [0.29, 0.717) is 31.0 Å². The summed E-state index contributed by atoms with van der Waals surface area (Å²) in [4.78, 5) is 26.5. The van der Waals surface area contributed by atoms with Crippen LogP contribution in [-0.2, 0) is 23.8 Å². The van der Waals surface area contributed by atoms with Crippen LogP contribution in [0.2, 0.25) is 0 Å². The number of nitrogens with zero attached hydrogens (tertiary/aromatic N) is 2. The summed E-state index contributed by atoms with van der Waals surface area (Å²) in [5, 5.41) is 0. The third-order valence-corrected chi connectivity index (χ3v) is 5.41. The third kappa shape index (κ3) is 2.59. The Morgan fingerprint density at radius 3 is 2.80 bits per heavy atom. The number of hydrogen-bond donors (Lipinski definition) is 0. The Morgan fingerprint density at radius 1 is 1.24 bits per heavy atom. The fourth-order valence-corrected chi connectivity index (χ4v) is 4.06. The Kier molecular flexibility index (Phi) is 3.76. The molecule has 1 aliphatic heterocycles. The van der Waals surface area contributed by atoms with Gasteiger partial charge in [-0.2, -0.15) is 0 Å². The zero-order valence-corrected chi connectivity index (χ0v) is 14.6. The highest BCUT2D eigenvalue weighted by molar-refractivity contribution is 5.99. The Hall–Kier alpha value is -2.40. The molecule has 1 aliphatic carbocycles. The highest BCUT2D eigenvalue weighted by Gasteiger charge is 2.44. The van der Waals surface area contributed by atoms with Gasteiger partial charge < -0.3 is 14.2 Å². The van der Waals surface area contributed by atoms with E-state index in [1.165, 1.54) is 18.1 Å². The van der Waals surface area contributed by atoms with E-state index < -0.39 is 0 Å². The molecule has 2 aromatic rings. The quantitative estimate of drug-likeness (QED) is 0.791. The highest BCUT2D eigenvalue weighted by atomic mass is 16.5. The van der Waals surface area contributed by atoms with Crippen molar-refractivity contribution in [3.63, 3.8) is 0 Å². The molecule has 1 fully saturated rings. The van der Waals surface area contributed by atoms with Crippen LogP contribution in [0, 0.1) is 0 Å². The standard InChI is InChI=1S/C20H22N2O3/c1-14(23)16-11-18(21(2)12-16)19(24)22-9-10-25-20(13-22)8-7-15-5-3-4-6-17(15)20/h3-6,11-12H,7-10,13H2,1-2H3/t20-/m0/s1. The maximum atomic E-state index is 13.0. The van der Waals surface area contributed by atoms with E-state index in [2.05, 4.69) is 18.2 Å². The van der Waals surface area contributed by atoms with Crippen LogP contribution in [0.15, 0.2) is 36.5 Å². The monoisotopic (exact) mass is 338 g/mol. The van der Waals surface area contributed by atoms with Crippen LogP contribution in [0.1, 0.15) is 45.3 Å². The predicted octanol–water partition coefficient (Wildman–Crippen LogP) is 2.54. The molecule has 2 aliphatic rings. The number of ether oxygens (including phenoxy) is 1. The smallest absolute Gasteiger partial charge is 0.270 e. The number of aromatic nitrogens is 1. The molecule has 130 valence electrons. The van der Waals surface area contributed by atoms with Gasteiger partial charge in [0.25, 0.3) is 5.91 Å². The SMILES string of the molecule is CC(=O)c1cc(C(=O)N2CCO[C@@]3(CCc4ccccc43)C2)n(C)c1. The van der Waals surface area contributed by atoms with E-state index in [4.69, 9.17) is 4.74 Å². The molecule has 0 radical (unpaired) electrons. The van der Waals surface area contributed by atoms with Crippen LogP contribution in [0.5, 0.6) is 0 Å². The zero-order chi connectivity index (χ0) is 17.6. The van der Waals surface area contributed by atoms with Gasteiger partial charge in [-0.15, -0.1) is 0 Å². The molecule has 0 unspecified atom stereocenters. The molecule has 2 heterocycles. The van der Waals surface area contributed by atoms with Gasteiger partial charge in [0.2, 0.25) is 0 Å². The largest absolute Gasteiger partial charge is 0.367 e. The summed E-state index contributed by atoms with van der Waals surface area (Å²) in [6.07, 6.45) is 3.61. The molecule has 0 saturated carbocycles. The topological polar surface area (TPSA) is 51.5 Å². The molecule has 1 saturated heterocycles. The molecular formula is C20H22N2O3. The normalized spacial score (nSPS) is 22.2. The van der Waals surface area contributed by atoms with E-state index >= 15 is 0 Å². The number of morpholine rings is 1. The summed E-state index contributed by atoms with van der Waals surface area (Å²) < 4.78 is 7.93.